The average molecular weight is 272 g/mol. The van der Waals surface area contributed by atoms with Crippen molar-refractivity contribution in [3.05, 3.63) is 12.2 Å². The molecule has 0 aromatic heterocycles. The van der Waals surface area contributed by atoms with E-state index >= 15 is 0 Å². The minimum Gasteiger partial charge on any atom is -0.462 e. The Labute approximate surface area is 110 Å². The van der Waals surface area contributed by atoms with Gasteiger partial charge in [0.05, 0.1) is 0 Å². The maximum atomic E-state index is 11.0. The van der Waals surface area contributed by atoms with E-state index < -0.39 is 30.1 Å². The SMILES string of the molecule is CC(=O)OC[C@H](OC(C)=O)[C@H](/C=C/C=O)OC(C)=O. The molecule has 0 rings (SSSR count). The smallest absolute Gasteiger partial charge is 0.303 e. The monoisotopic (exact) mass is 272 g/mol. The Kier molecular flexibility index (Phi) is 7.83. The van der Waals surface area contributed by atoms with Crippen molar-refractivity contribution in [1.82, 2.24) is 0 Å². The van der Waals surface area contributed by atoms with Crippen LogP contribution in [-0.2, 0) is 33.4 Å². The summed E-state index contributed by atoms with van der Waals surface area (Å²) in [6, 6.07) is 0. The molecule has 106 valence electrons. The maximum absolute atomic E-state index is 11.0. The molecule has 0 aromatic carbocycles. The number of hydrogen-bond acceptors (Lipinski definition) is 7. The fraction of sp³-hybridized carbons (Fsp3) is 0.500. The summed E-state index contributed by atoms with van der Waals surface area (Å²) in [5.41, 5.74) is 0. The summed E-state index contributed by atoms with van der Waals surface area (Å²) in [7, 11) is 0. The van der Waals surface area contributed by atoms with Crippen LogP contribution in [0.15, 0.2) is 12.2 Å². The number of aldehydes is 1. The van der Waals surface area contributed by atoms with Gasteiger partial charge in [0, 0.05) is 20.8 Å². The summed E-state index contributed by atoms with van der Waals surface area (Å²) in [5, 5.41) is 0. The summed E-state index contributed by atoms with van der Waals surface area (Å²) < 4.78 is 14.5. The van der Waals surface area contributed by atoms with Crippen molar-refractivity contribution < 1.29 is 33.4 Å². The number of carbonyl (C=O) groups excluding carboxylic acids is 4. The zero-order chi connectivity index (χ0) is 14.8. The second kappa shape index (κ2) is 8.84. The van der Waals surface area contributed by atoms with Crippen molar-refractivity contribution in [3.63, 3.8) is 0 Å². The molecule has 0 radical (unpaired) electrons. The average Bonchev–Trinajstić information content (AvgIpc) is 2.28. The minimum atomic E-state index is -1.01. The molecular formula is C12H16O7. The van der Waals surface area contributed by atoms with E-state index in [2.05, 4.69) is 0 Å². The number of esters is 3. The Morgan fingerprint density at radius 3 is 2.00 bits per heavy atom. The van der Waals surface area contributed by atoms with Crippen LogP contribution in [0, 0.1) is 0 Å². The van der Waals surface area contributed by atoms with E-state index in [9.17, 15) is 19.2 Å². The van der Waals surface area contributed by atoms with Gasteiger partial charge < -0.3 is 14.2 Å². The third kappa shape index (κ3) is 8.53. The first-order chi connectivity index (χ1) is 8.86. The molecule has 0 aliphatic rings. The van der Waals surface area contributed by atoms with E-state index in [4.69, 9.17) is 14.2 Å². The molecule has 0 spiro atoms. The van der Waals surface area contributed by atoms with Gasteiger partial charge in [-0.2, -0.15) is 0 Å². The second-order valence-corrected chi connectivity index (χ2v) is 3.55. The first-order valence-corrected chi connectivity index (χ1v) is 5.46. The first kappa shape index (κ1) is 16.8. The molecular weight excluding hydrogens is 256 g/mol. The van der Waals surface area contributed by atoms with Crippen molar-refractivity contribution in [1.29, 1.82) is 0 Å². The fourth-order valence-electron chi connectivity index (χ4n) is 1.19. The van der Waals surface area contributed by atoms with Crippen molar-refractivity contribution in [2.45, 2.75) is 33.0 Å². The van der Waals surface area contributed by atoms with Crippen molar-refractivity contribution in [2.24, 2.45) is 0 Å². The van der Waals surface area contributed by atoms with Crippen LogP contribution < -0.4 is 0 Å². The van der Waals surface area contributed by atoms with Gasteiger partial charge in [-0.1, -0.05) is 0 Å². The van der Waals surface area contributed by atoms with Gasteiger partial charge in [-0.05, 0) is 12.2 Å². The van der Waals surface area contributed by atoms with Gasteiger partial charge >= 0.3 is 17.9 Å². The largest absolute Gasteiger partial charge is 0.462 e. The molecule has 0 fully saturated rings. The maximum Gasteiger partial charge on any atom is 0.303 e. The molecule has 7 heteroatoms. The summed E-state index contributed by atoms with van der Waals surface area (Å²) in [5.74, 6) is -1.83. The molecule has 0 amide bonds. The molecule has 0 bridgehead atoms. The van der Waals surface area contributed by atoms with Gasteiger partial charge in [0.1, 0.15) is 12.9 Å². The van der Waals surface area contributed by atoms with Gasteiger partial charge in [0.25, 0.3) is 0 Å². The highest BCUT2D eigenvalue weighted by atomic mass is 16.6. The fourth-order valence-corrected chi connectivity index (χ4v) is 1.19. The van der Waals surface area contributed by atoms with Crippen LogP contribution in [0.2, 0.25) is 0 Å². The quantitative estimate of drug-likeness (QED) is 0.282. The Morgan fingerprint density at radius 2 is 1.58 bits per heavy atom. The molecule has 0 aliphatic heterocycles. The molecule has 0 unspecified atom stereocenters. The number of rotatable bonds is 7. The van der Waals surface area contributed by atoms with E-state index in [1.165, 1.54) is 19.9 Å². The normalized spacial score (nSPS) is 13.4. The lowest BCUT2D eigenvalue weighted by Crippen LogP contribution is -2.37. The van der Waals surface area contributed by atoms with E-state index in [1.807, 2.05) is 0 Å². The second-order valence-electron chi connectivity index (χ2n) is 3.55. The van der Waals surface area contributed by atoms with Gasteiger partial charge in [0.15, 0.2) is 12.2 Å². The zero-order valence-electron chi connectivity index (χ0n) is 11.0. The molecule has 0 saturated carbocycles. The summed E-state index contributed by atoms with van der Waals surface area (Å²) in [4.78, 5) is 43.0. The third-order valence-corrected chi connectivity index (χ3v) is 1.82. The number of carbonyl (C=O) groups is 4. The molecule has 19 heavy (non-hydrogen) atoms. The van der Waals surface area contributed by atoms with E-state index in [1.54, 1.807) is 0 Å². The Morgan fingerprint density at radius 1 is 1.00 bits per heavy atom. The lowest BCUT2D eigenvalue weighted by Gasteiger charge is -2.23. The predicted octanol–water partition coefficient (Wildman–Crippen LogP) is 0.168. The lowest BCUT2D eigenvalue weighted by atomic mass is 10.2. The third-order valence-electron chi connectivity index (χ3n) is 1.82. The van der Waals surface area contributed by atoms with Crippen LogP contribution in [-0.4, -0.2) is 43.0 Å². The summed E-state index contributed by atoms with van der Waals surface area (Å²) in [6.45, 7) is 3.23. The van der Waals surface area contributed by atoms with Gasteiger partial charge in [-0.15, -0.1) is 0 Å². The highest BCUT2D eigenvalue weighted by Gasteiger charge is 2.26. The first-order valence-electron chi connectivity index (χ1n) is 5.46. The Hall–Kier alpha value is -2.18. The van der Waals surface area contributed by atoms with Crippen LogP contribution >= 0.6 is 0 Å². The highest BCUT2D eigenvalue weighted by Crippen LogP contribution is 2.09. The minimum absolute atomic E-state index is 0.282. The van der Waals surface area contributed by atoms with Crippen LogP contribution in [0.25, 0.3) is 0 Å². The lowest BCUT2D eigenvalue weighted by molar-refractivity contribution is -0.169. The predicted molar refractivity (Wildman–Crippen MR) is 62.9 cm³/mol. The highest BCUT2D eigenvalue weighted by molar-refractivity contribution is 5.69. The number of ether oxygens (including phenoxy) is 3. The molecule has 0 aromatic rings. The molecule has 0 heterocycles. The molecule has 0 aliphatic carbocycles. The standard InChI is InChI=1S/C12H16O7/c1-8(14)17-7-12(19-10(3)16)11(5-4-6-13)18-9(2)15/h4-6,11-12H,7H2,1-3H3/b5-4+/t11-,12-/m0/s1. The molecule has 7 nitrogen and oxygen atoms in total. The van der Waals surface area contributed by atoms with Crippen molar-refractivity contribution >= 4 is 24.2 Å². The topological polar surface area (TPSA) is 96.0 Å². The van der Waals surface area contributed by atoms with Gasteiger partial charge in [-0.3, -0.25) is 19.2 Å². The van der Waals surface area contributed by atoms with Crippen LogP contribution in [0.5, 0.6) is 0 Å². The number of allylic oxidation sites excluding steroid dienone is 1. The molecule has 2 atom stereocenters. The number of hydrogen-bond donors (Lipinski definition) is 0. The van der Waals surface area contributed by atoms with Crippen molar-refractivity contribution in [2.75, 3.05) is 6.61 Å². The van der Waals surface area contributed by atoms with Crippen LogP contribution in [0.4, 0.5) is 0 Å². The van der Waals surface area contributed by atoms with Gasteiger partial charge in [-0.25, -0.2) is 0 Å². The van der Waals surface area contributed by atoms with E-state index in [0.717, 1.165) is 13.0 Å². The molecule has 0 saturated heterocycles. The summed E-state index contributed by atoms with van der Waals surface area (Å²) >= 11 is 0. The summed E-state index contributed by atoms with van der Waals surface area (Å²) in [6.07, 6.45) is 0.795. The zero-order valence-corrected chi connectivity index (χ0v) is 11.0. The Bertz CT molecular complexity index is 372. The van der Waals surface area contributed by atoms with Crippen molar-refractivity contribution in [3.8, 4) is 0 Å². The van der Waals surface area contributed by atoms with E-state index in [-0.39, 0.29) is 6.61 Å². The van der Waals surface area contributed by atoms with E-state index in [0.29, 0.717) is 6.29 Å². The molecule has 0 N–H and O–H groups in total. The Balaban J connectivity index is 4.91. The van der Waals surface area contributed by atoms with Gasteiger partial charge in [0.2, 0.25) is 0 Å². The van der Waals surface area contributed by atoms with Crippen LogP contribution in [0.3, 0.4) is 0 Å². The van der Waals surface area contributed by atoms with Crippen LogP contribution in [0.1, 0.15) is 20.8 Å².